The first-order valence-corrected chi connectivity index (χ1v) is 10.2. The van der Waals surface area contributed by atoms with Crippen LogP contribution in [0.2, 0.25) is 0 Å². The van der Waals surface area contributed by atoms with Crippen LogP contribution in [-0.2, 0) is 27.3 Å². The van der Waals surface area contributed by atoms with E-state index in [0.717, 1.165) is 33.8 Å². The smallest absolute Gasteiger partial charge is 0.328 e. The minimum atomic E-state index is -0.633. The van der Waals surface area contributed by atoms with E-state index in [2.05, 4.69) is 5.10 Å². The number of aryl methyl sites for hydroxylation is 1. The zero-order valence-corrected chi connectivity index (χ0v) is 17.9. The maximum Gasteiger partial charge on any atom is 0.328 e. The number of benzene rings is 2. The van der Waals surface area contributed by atoms with Gasteiger partial charge in [0, 0.05) is 30.3 Å². The van der Waals surface area contributed by atoms with E-state index in [-0.39, 0.29) is 5.91 Å². The van der Waals surface area contributed by atoms with Crippen LogP contribution in [-0.4, -0.2) is 39.7 Å². The molecule has 2 aromatic carbocycles. The van der Waals surface area contributed by atoms with E-state index in [1.54, 1.807) is 11.0 Å². The summed E-state index contributed by atoms with van der Waals surface area (Å²) in [5, 5.41) is 4.62. The summed E-state index contributed by atoms with van der Waals surface area (Å²) in [6.45, 7) is 4.27. The summed E-state index contributed by atoms with van der Waals surface area (Å²) in [6.07, 6.45) is 3.76. The molecule has 1 unspecified atom stereocenters. The number of carbonyl (C=O) groups excluding carboxylic acids is 2. The molecule has 0 radical (unpaired) electrons. The molecule has 1 amide bonds. The van der Waals surface area contributed by atoms with Crippen molar-refractivity contribution in [3.8, 4) is 5.69 Å². The molecule has 1 aliphatic heterocycles. The monoisotopic (exact) mass is 415 g/mol. The van der Waals surface area contributed by atoms with E-state index < -0.39 is 12.0 Å². The average molecular weight is 415 g/mol. The summed E-state index contributed by atoms with van der Waals surface area (Å²) in [5.74, 6) is -0.628. The molecule has 0 spiro atoms. The van der Waals surface area contributed by atoms with Crippen LogP contribution in [0.4, 0.5) is 0 Å². The molecule has 0 aliphatic carbocycles. The van der Waals surface area contributed by atoms with Crippen molar-refractivity contribution in [3.63, 3.8) is 0 Å². The predicted molar refractivity (Wildman–Crippen MR) is 119 cm³/mol. The van der Waals surface area contributed by atoms with E-state index in [4.69, 9.17) is 4.74 Å². The van der Waals surface area contributed by atoms with Crippen molar-refractivity contribution in [2.24, 2.45) is 0 Å². The lowest BCUT2D eigenvalue weighted by Gasteiger charge is -2.34. The van der Waals surface area contributed by atoms with Gasteiger partial charge in [-0.1, -0.05) is 42.5 Å². The number of hydrogen-bond acceptors (Lipinski definition) is 4. The van der Waals surface area contributed by atoms with Gasteiger partial charge in [-0.25, -0.2) is 9.48 Å². The third-order valence-corrected chi connectivity index (χ3v) is 5.75. The van der Waals surface area contributed by atoms with Crippen LogP contribution in [0.15, 0.2) is 60.7 Å². The number of ether oxygens (including phenoxy) is 1. The van der Waals surface area contributed by atoms with Gasteiger partial charge in [-0.15, -0.1) is 0 Å². The average Bonchev–Trinajstić information content (AvgIpc) is 3.09. The van der Waals surface area contributed by atoms with Gasteiger partial charge in [0.05, 0.1) is 18.5 Å². The first-order chi connectivity index (χ1) is 15.0. The van der Waals surface area contributed by atoms with Crippen LogP contribution < -0.4 is 0 Å². The Morgan fingerprint density at radius 3 is 2.42 bits per heavy atom. The summed E-state index contributed by atoms with van der Waals surface area (Å²) >= 11 is 0. The predicted octanol–water partition coefficient (Wildman–Crippen LogP) is 3.63. The summed E-state index contributed by atoms with van der Waals surface area (Å²) in [5.41, 5.74) is 5.76. The van der Waals surface area contributed by atoms with Crippen molar-refractivity contribution in [2.75, 3.05) is 7.11 Å². The topological polar surface area (TPSA) is 64.4 Å². The van der Waals surface area contributed by atoms with Crippen molar-refractivity contribution in [3.05, 3.63) is 88.8 Å². The fourth-order valence-corrected chi connectivity index (χ4v) is 4.07. The Bertz CT molecular complexity index is 1150. The number of fused-ring (bicyclic) bond motifs is 1. The van der Waals surface area contributed by atoms with Crippen molar-refractivity contribution >= 4 is 18.0 Å². The van der Waals surface area contributed by atoms with Crippen molar-refractivity contribution in [2.45, 2.75) is 32.9 Å². The molecule has 1 aromatic heterocycles. The van der Waals surface area contributed by atoms with Crippen LogP contribution in [0.3, 0.4) is 0 Å². The largest absolute Gasteiger partial charge is 0.467 e. The lowest BCUT2D eigenvalue weighted by molar-refractivity contribution is -0.152. The molecule has 3 aromatic rings. The molecule has 6 nitrogen and oxygen atoms in total. The Kier molecular flexibility index (Phi) is 5.71. The van der Waals surface area contributed by atoms with Crippen LogP contribution in [0.25, 0.3) is 11.8 Å². The van der Waals surface area contributed by atoms with Gasteiger partial charge in [0.2, 0.25) is 5.91 Å². The molecule has 158 valence electrons. The normalized spacial score (nSPS) is 15.7. The Morgan fingerprint density at radius 1 is 1.03 bits per heavy atom. The first kappa shape index (κ1) is 20.6. The highest BCUT2D eigenvalue weighted by Crippen LogP contribution is 2.25. The summed E-state index contributed by atoms with van der Waals surface area (Å²) in [7, 11) is 1.35. The van der Waals surface area contributed by atoms with Crippen molar-refractivity contribution < 1.29 is 14.3 Å². The lowest BCUT2D eigenvalue weighted by atomic mass is 9.94. The molecule has 0 saturated carbocycles. The molecule has 2 heterocycles. The van der Waals surface area contributed by atoms with Crippen LogP contribution >= 0.6 is 0 Å². The number of hydrogen-bond donors (Lipinski definition) is 0. The number of para-hydroxylation sites is 1. The minimum absolute atomic E-state index is 0.226. The number of aromatic nitrogens is 2. The zero-order valence-electron chi connectivity index (χ0n) is 17.9. The van der Waals surface area contributed by atoms with Crippen molar-refractivity contribution in [1.29, 1.82) is 0 Å². The van der Waals surface area contributed by atoms with Crippen LogP contribution in [0.1, 0.15) is 28.1 Å². The number of methoxy groups -OCH3 is 1. The van der Waals surface area contributed by atoms with E-state index in [1.807, 2.05) is 73.1 Å². The second kappa shape index (κ2) is 8.60. The van der Waals surface area contributed by atoms with Gasteiger partial charge >= 0.3 is 5.97 Å². The third-order valence-electron chi connectivity index (χ3n) is 5.75. The van der Waals surface area contributed by atoms with E-state index in [0.29, 0.717) is 13.0 Å². The van der Waals surface area contributed by atoms with E-state index in [1.165, 1.54) is 13.2 Å². The molecule has 31 heavy (non-hydrogen) atoms. The molecular weight excluding hydrogens is 390 g/mol. The fourth-order valence-electron chi connectivity index (χ4n) is 4.07. The summed E-state index contributed by atoms with van der Waals surface area (Å²) in [6, 6.07) is 17.1. The summed E-state index contributed by atoms with van der Waals surface area (Å²) < 4.78 is 6.84. The third kappa shape index (κ3) is 4.01. The standard InChI is InChI=1S/C25H25N3O3/c1-17-22(18(2)28(26-17)21-11-5-4-6-12-21)13-14-24(29)27-16-20-10-8-7-9-19(20)15-23(27)25(30)31-3/h4-14,23H,15-16H2,1-3H3. The van der Waals surface area contributed by atoms with Crippen LogP contribution in [0, 0.1) is 13.8 Å². The second-order valence-electron chi connectivity index (χ2n) is 7.64. The van der Waals surface area contributed by atoms with E-state index in [9.17, 15) is 9.59 Å². The number of esters is 1. The van der Waals surface area contributed by atoms with Crippen molar-refractivity contribution in [1.82, 2.24) is 14.7 Å². The number of carbonyl (C=O) groups is 2. The minimum Gasteiger partial charge on any atom is -0.467 e. The zero-order chi connectivity index (χ0) is 22.0. The molecular formula is C25H25N3O3. The Morgan fingerprint density at radius 2 is 1.71 bits per heavy atom. The number of nitrogens with zero attached hydrogens (tertiary/aromatic N) is 3. The van der Waals surface area contributed by atoms with Gasteiger partial charge in [0.15, 0.2) is 0 Å². The highest BCUT2D eigenvalue weighted by Gasteiger charge is 2.34. The Labute approximate surface area is 181 Å². The van der Waals surface area contributed by atoms with Crippen LogP contribution in [0.5, 0.6) is 0 Å². The van der Waals surface area contributed by atoms with Gasteiger partial charge in [-0.05, 0) is 43.2 Å². The van der Waals surface area contributed by atoms with Gasteiger partial charge in [-0.3, -0.25) is 4.79 Å². The molecule has 0 N–H and O–H groups in total. The molecule has 1 atom stereocenters. The number of amides is 1. The van der Waals surface area contributed by atoms with Gasteiger partial charge in [0.1, 0.15) is 6.04 Å². The molecule has 0 fully saturated rings. The SMILES string of the molecule is COC(=O)C1Cc2ccccc2CN1C(=O)C=Cc1c(C)nn(-c2ccccc2)c1C. The first-order valence-electron chi connectivity index (χ1n) is 10.2. The summed E-state index contributed by atoms with van der Waals surface area (Å²) in [4.78, 5) is 27.1. The fraction of sp³-hybridized carbons (Fsp3) is 0.240. The van der Waals surface area contributed by atoms with Gasteiger partial charge < -0.3 is 9.64 Å². The quantitative estimate of drug-likeness (QED) is 0.482. The molecule has 6 heteroatoms. The molecule has 1 aliphatic rings. The molecule has 0 bridgehead atoms. The maximum absolute atomic E-state index is 13.1. The van der Waals surface area contributed by atoms with Gasteiger partial charge in [0.25, 0.3) is 0 Å². The highest BCUT2D eigenvalue weighted by molar-refractivity contribution is 5.95. The lowest BCUT2D eigenvalue weighted by Crippen LogP contribution is -2.48. The van der Waals surface area contributed by atoms with E-state index >= 15 is 0 Å². The maximum atomic E-state index is 13.1. The Balaban J connectivity index is 1.61. The molecule has 0 saturated heterocycles. The highest BCUT2D eigenvalue weighted by atomic mass is 16.5. The second-order valence-corrected chi connectivity index (χ2v) is 7.64. The number of rotatable bonds is 4. The van der Waals surface area contributed by atoms with Gasteiger partial charge in [-0.2, -0.15) is 5.10 Å². The Hall–Kier alpha value is -3.67. The molecule has 4 rings (SSSR count).